The average Bonchev–Trinajstić information content (AvgIpc) is 3.14. The van der Waals surface area contributed by atoms with Crippen molar-refractivity contribution in [3.05, 3.63) is 64.7 Å². The zero-order valence-electron chi connectivity index (χ0n) is 19.5. The Balaban J connectivity index is 1.22. The number of aliphatic hydroxyl groups excluding tert-OH is 1. The molecule has 1 N–H and O–H groups in total. The van der Waals surface area contributed by atoms with Crippen LogP contribution >= 0.6 is 0 Å². The SMILES string of the molecule is O=C(c1ccc2c(c1)OCCN(C[C@H](O)CN1CCc3ccccc3C1)C2=O)N1CCC(F)(F)C1. The molecule has 0 aliphatic carbocycles. The monoisotopic (exact) mass is 485 g/mol. The van der Waals surface area contributed by atoms with Gasteiger partial charge < -0.3 is 19.6 Å². The van der Waals surface area contributed by atoms with E-state index in [4.69, 9.17) is 4.74 Å². The van der Waals surface area contributed by atoms with E-state index < -0.39 is 24.5 Å². The van der Waals surface area contributed by atoms with Crippen LogP contribution in [0, 0.1) is 0 Å². The number of nitrogens with zero attached hydrogens (tertiary/aromatic N) is 3. The van der Waals surface area contributed by atoms with Gasteiger partial charge in [0.15, 0.2) is 0 Å². The summed E-state index contributed by atoms with van der Waals surface area (Å²) in [6.07, 6.45) is -0.133. The molecule has 2 aromatic rings. The Hall–Kier alpha value is -3.04. The first-order valence-corrected chi connectivity index (χ1v) is 12.0. The van der Waals surface area contributed by atoms with Gasteiger partial charge in [-0.1, -0.05) is 24.3 Å². The number of amides is 2. The minimum absolute atomic E-state index is 0.00300. The zero-order chi connectivity index (χ0) is 24.6. The predicted molar refractivity (Wildman–Crippen MR) is 125 cm³/mol. The van der Waals surface area contributed by atoms with E-state index in [9.17, 15) is 23.5 Å². The van der Waals surface area contributed by atoms with Crippen LogP contribution < -0.4 is 4.74 Å². The summed E-state index contributed by atoms with van der Waals surface area (Å²) < 4.78 is 32.8. The van der Waals surface area contributed by atoms with Crippen molar-refractivity contribution < 1.29 is 28.2 Å². The lowest BCUT2D eigenvalue weighted by Gasteiger charge is -2.32. The maximum atomic E-state index is 13.5. The van der Waals surface area contributed by atoms with Crippen molar-refractivity contribution in [2.45, 2.75) is 31.4 Å². The number of fused-ring (bicyclic) bond motifs is 2. The van der Waals surface area contributed by atoms with Crippen LogP contribution in [0.1, 0.15) is 38.3 Å². The molecular weight excluding hydrogens is 456 g/mol. The summed E-state index contributed by atoms with van der Waals surface area (Å²) in [4.78, 5) is 30.7. The van der Waals surface area contributed by atoms with E-state index in [-0.39, 0.29) is 43.3 Å². The number of hydrogen-bond acceptors (Lipinski definition) is 5. The molecule has 186 valence electrons. The third-order valence-corrected chi connectivity index (χ3v) is 6.93. The highest BCUT2D eigenvalue weighted by Gasteiger charge is 2.40. The van der Waals surface area contributed by atoms with Crippen molar-refractivity contribution in [1.29, 1.82) is 0 Å². The minimum atomic E-state index is -2.87. The van der Waals surface area contributed by atoms with Crippen molar-refractivity contribution in [2.24, 2.45) is 0 Å². The smallest absolute Gasteiger partial charge is 0.267 e. The van der Waals surface area contributed by atoms with E-state index in [1.165, 1.54) is 29.3 Å². The van der Waals surface area contributed by atoms with Crippen LogP contribution in [-0.2, 0) is 13.0 Å². The van der Waals surface area contributed by atoms with Crippen LogP contribution in [-0.4, -0.2) is 89.5 Å². The van der Waals surface area contributed by atoms with Crippen LogP contribution in [0.2, 0.25) is 0 Å². The van der Waals surface area contributed by atoms with E-state index in [1.54, 1.807) is 4.90 Å². The van der Waals surface area contributed by atoms with E-state index in [0.29, 0.717) is 18.7 Å². The summed E-state index contributed by atoms with van der Waals surface area (Å²) in [7, 11) is 0. The number of carbonyl (C=O) groups is 2. The molecule has 9 heteroatoms. The van der Waals surface area contributed by atoms with E-state index in [2.05, 4.69) is 17.0 Å². The number of β-amino-alcohol motifs (C(OH)–C–C–N with tert-alkyl or cyclic N) is 1. The number of likely N-dealkylation sites (tertiary alicyclic amines) is 1. The summed E-state index contributed by atoms with van der Waals surface area (Å²) in [6, 6.07) is 12.7. The molecule has 0 spiro atoms. The van der Waals surface area contributed by atoms with Crippen LogP contribution in [0.25, 0.3) is 0 Å². The molecule has 1 fully saturated rings. The van der Waals surface area contributed by atoms with Crippen LogP contribution in [0.5, 0.6) is 5.75 Å². The quantitative estimate of drug-likeness (QED) is 0.705. The lowest BCUT2D eigenvalue weighted by atomic mass is 10.00. The lowest BCUT2D eigenvalue weighted by Crippen LogP contribution is -2.44. The molecule has 0 radical (unpaired) electrons. The Kier molecular flexibility index (Phi) is 6.46. The Morgan fingerprint density at radius 1 is 1.09 bits per heavy atom. The average molecular weight is 486 g/mol. The molecule has 0 bridgehead atoms. The topological polar surface area (TPSA) is 73.3 Å². The number of hydrogen-bond donors (Lipinski definition) is 1. The first-order valence-electron chi connectivity index (χ1n) is 12.0. The molecule has 1 atom stereocenters. The fourth-order valence-electron chi connectivity index (χ4n) is 5.08. The van der Waals surface area contributed by atoms with Gasteiger partial charge in [-0.05, 0) is 35.7 Å². The highest BCUT2D eigenvalue weighted by Crippen LogP contribution is 2.30. The van der Waals surface area contributed by atoms with Gasteiger partial charge in [-0.3, -0.25) is 14.5 Å². The standard InChI is InChI=1S/C26H29F2N3O4/c27-26(28)8-10-31(17-26)24(33)19-5-6-22-23(13-19)35-12-11-30(25(22)34)16-21(32)15-29-9-7-18-3-1-2-4-20(18)14-29/h1-6,13,21,32H,7-12,14-17H2/t21-/m1/s1. The van der Waals surface area contributed by atoms with Gasteiger partial charge in [-0.15, -0.1) is 0 Å². The fourth-order valence-corrected chi connectivity index (χ4v) is 5.08. The number of halogens is 2. The Labute approximate surface area is 202 Å². The maximum absolute atomic E-state index is 13.5. The number of aliphatic hydroxyl groups is 1. The van der Waals surface area contributed by atoms with Gasteiger partial charge in [-0.2, -0.15) is 0 Å². The molecule has 3 aliphatic heterocycles. The number of rotatable bonds is 5. The molecule has 7 nitrogen and oxygen atoms in total. The van der Waals surface area contributed by atoms with Gasteiger partial charge >= 0.3 is 0 Å². The van der Waals surface area contributed by atoms with Gasteiger partial charge in [0.1, 0.15) is 12.4 Å². The summed E-state index contributed by atoms with van der Waals surface area (Å²) in [6.45, 7) is 2.16. The molecule has 35 heavy (non-hydrogen) atoms. The second-order valence-electron chi connectivity index (χ2n) is 9.55. The molecule has 0 aromatic heterocycles. The summed E-state index contributed by atoms with van der Waals surface area (Å²) in [5.74, 6) is -3.39. The van der Waals surface area contributed by atoms with Crippen molar-refractivity contribution in [1.82, 2.24) is 14.7 Å². The third kappa shape index (κ3) is 5.16. The second kappa shape index (κ2) is 9.54. The van der Waals surface area contributed by atoms with Gasteiger partial charge in [0.2, 0.25) is 0 Å². The minimum Gasteiger partial charge on any atom is -0.491 e. The van der Waals surface area contributed by atoms with Crippen LogP contribution in [0.15, 0.2) is 42.5 Å². The summed E-state index contributed by atoms with van der Waals surface area (Å²) in [5, 5.41) is 10.8. The lowest BCUT2D eigenvalue weighted by molar-refractivity contribution is 0.0120. The highest BCUT2D eigenvalue weighted by molar-refractivity contribution is 6.00. The molecule has 0 unspecified atom stereocenters. The molecule has 3 heterocycles. The predicted octanol–water partition coefficient (Wildman–Crippen LogP) is 2.42. The Morgan fingerprint density at radius 3 is 2.66 bits per heavy atom. The summed E-state index contributed by atoms with van der Waals surface area (Å²) in [5.41, 5.74) is 3.12. The van der Waals surface area contributed by atoms with Crippen molar-refractivity contribution in [3.8, 4) is 5.75 Å². The Morgan fingerprint density at radius 2 is 1.89 bits per heavy atom. The molecule has 0 saturated carbocycles. The zero-order valence-corrected chi connectivity index (χ0v) is 19.5. The van der Waals surface area contributed by atoms with Gasteiger partial charge in [0, 0.05) is 44.7 Å². The van der Waals surface area contributed by atoms with E-state index in [1.807, 2.05) is 12.1 Å². The van der Waals surface area contributed by atoms with Crippen molar-refractivity contribution >= 4 is 11.8 Å². The summed E-state index contributed by atoms with van der Waals surface area (Å²) >= 11 is 0. The van der Waals surface area contributed by atoms with Gasteiger partial charge in [-0.25, -0.2) is 8.78 Å². The third-order valence-electron chi connectivity index (χ3n) is 6.93. The van der Waals surface area contributed by atoms with E-state index in [0.717, 1.165) is 24.4 Å². The molecule has 1 saturated heterocycles. The second-order valence-corrected chi connectivity index (χ2v) is 9.55. The van der Waals surface area contributed by atoms with Crippen LogP contribution in [0.4, 0.5) is 8.78 Å². The number of alkyl halides is 2. The maximum Gasteiger partial charge on any atom is 0.267 e. The van der Waals surface area contributed by atoms with Crippen molar-refractivity contribution in [2.75, 3.05) is 45.9 Å². The van der Waals surface area contributed by atoms with E-state index >= 15 is 0 Å². The molecule has 3 aliphatic rings. The van der Waals surface area contributed by atoms with Gasteiger partial charge in [0.05, 0.1) is 24.8 Å². The highest BCUT2D eigenvalue weighted by atomic mass is 19.3. The number of benzene rings is 2. The van der Waals surface area contributed by atoms with Gasteiger partial charge in [0.25, 0.3) is 17.7 Å². The molecular formula is C26H29F2N3O4. The normalized spacial score (nSPS) is 20.6. The molecule has 2 aromatic carbocycles. The molecule has 5 rings (SSSR count). The molecule has 2 amide bonds. The number of ether oxygens (including phenoxy) is 1. The van der Waals surface area contributed by atoms with Crippen molar-refractivity contribution in [3.63, 3.8) is 0 Å². The Bertz CT molecular complexity index is 1130. The fraction of sp³-hybridized carbons (Fsp3) is 0.462. The largest absolute Gasteiger partial charge is 0.491 e. The van der Waals surface area contributed by atoms with Crippen LogP contribution in [0.3, 0.4) is 0 Å². The number of carbonyl (C=O) groups excluding carboxylic acids is 2. The first kappa shape index (κ1) is 23.7. The first-order chi connectivity index (χ1) is 16.8.